The van der Waals surface area contributed by atoms with E-state index in [0.29, 0.717) is 0 Å². The van der Waals surface area contributed by atoms with Crippen molar-refractivity contribution < 1.29 is 21.6 Å². The van der Waals surface area contributed by atoms with Crippen molar-refractivity contribution in [2.75, 3.05) is 6.26 Å². The highest BCUT2D eigenvalue weighted by molar-refractivity contribution is 7.90. The molecule has 0 amide bonds. The van der Waals surface area contributed by atoms with Crippen molar-refractivity contribution in [2.45, 2.75) is 11.3 Å². The van der Waals surface area contributed by atoms with E-state index in [0.717, 1.165) is 18.5 Å². The highest BCUT2D eigenvalue weighted by Crippen LogP contribution is 2.36. The van der Waals surface area contributed by atoms with E-state index in [4.69, 9.17) is 0 Å². The Balaban J connectivity index is 2.65. The number of rotatable bonds is 2. The predicted molar refractivity (Wildman–Crippen MR) is 65.6 cm³/mol. The molecule has 20 heavy (non-hydrogen) atoms. The standard InChI is InChI=1S/C12H9F3N2O2S/c1-20(18,19)11-16-7-6-10(17-11)8-4-2-3-5-9(8)12(13,14)15/h2-7H,1H3. The molecular formula is C12H9F3N2O2S. The van der Waals surface area contributed by atoms with Crippen LogP contribution in [0.25, 0.3) is 11.3 Å². The highest BCUT2D eigenvalue weighted by atomic mass is 32.2. The lowest BCUT2D eigenvalue weighted by molar-refractivity contribution is -0.137. The minimum absolute atomic E-state index is 0.0895. The summed E-state index contributed by atoms with van der Waals surface area (Å²) in [4.78, 5) is 7.24. The fourth-order valence-electron chi connectivity index (χ4n) is 1.62. The van der Waals surface area contributed by atoms with Crippen LogP contribution >= 0.6 is 0 Å². The van der Waals surface area contributed by atoms with E-state index in [2.05, 4.69) is 9.97 Å². The smallest absolute Gasteiger partial charge is 0.227 e. The Kier molecular flexibility index (Phi) is 3.51. The molecular weight excluding hydrogens is 293 g/mol. The van der Waals surface area contributed by atoms with Gasteiger partial charge in [0, 0.05) is 18.0 Å². The predicted octanol–water partition coefficient (Wildman–Crippen LogP) is 2.57. The van der Waals surface area contributed by atoms with Crippen LogP contribution in [0.4, 0.5) is 13.2 Å². The maximum absolute atomic E-state index is 12.9. The van der Waals surface area contributed by atoms with Gasteiger partial charge in [-0.05, 0) is 12.1 Å². The number of hydrogen-bond acceptors (Lipinski definition) is 4. The molecule has 0 aliphatic rings. The first kappa shape index (κ1) is 14.4. The molecule has 0 saturated heterocycles. The Bertz CT molecular complexity index is 742. The number of benzene rings is 1. The Hall–Kier alpha value is -1.96. The SMILES string of the molecule is CS(=O)(=O)c1nccc(-c2ccccc2C(F)(F)F)n1. The van der Waals surface area contributed by atoms with Crippen molar-refractivity contribution >= 4 is 9.84 Å². The summed E-state index contributed by atoms with van der Waals surface area (Å²) in [6.45, 7) is 0. The normalized spacial score (nSPS) is 12.4. The van der Waals surface area contributed by atoms with Gasteiger partial charge in [0.2, 0.25) is 15.0 Å². The van der Waals surface area contributed by atoms with Crippen LogP contribution in [-0.2, 0) is 16.0 Å². The average Bonchev–Trinajstić information content (AvgIpc) is 2.37. The Morgan fingerprint density at radius 2 is 1.75 bits per heavy atom. The third kappa shape index (κ3) is 2.96. The highest BCUT2D eigenvalue weighted by Gasteiger charge is 2.33. The molecule has 0 aliphatic carbocycles. The maximum Gasteiger partial charge on any atom is 0.417 e. The van der Waals surface area contributed by atoms with Gasteiger partial charge >= 0.3 is 6.18 Å². The zero-order valence-corrected chi connectivity index (χ0v) is 11.0. The van der Waals surface area contributed by atoms with Crippen LogP contribution in [0.1, 0.15) is 5.56 Å². The van der Waals surface area contributed by atoms with Gasteiger partial charge in [-0.15, -0.1) is 0 Å². The molecule has 0 radical (unpaired) electrons. The van der Waals surface area contributed by atoms with Crippen LogP contribution in [0, 0.1) is 0 Å². The molecule has 2 rings (SSSR count). The van der Waals surface area contributed by atoms with E-state index in [9.17, 15) is 21.6 Å². The summed E-state index contributed by atoms with van der Waals surface area (Å²) >= 11 is 0. The van der Waals surface area contributed by atoms with Crippen LogP contribution in [0.15, 0.2) is 41.7 Å². The molecule has 0 unspecified atom stereocenters. The average molecular weight is 302 g/mol. The zero-order chi connectivity index (χ0) is 15.0. The van der Waals surface area contributed by atoms with Gasteiger partial charge < -0.3 is 0 Å². The summed E-state index contributed by atoms with van der Waals surface area (Å²) < 4.78 is 61.4. The molecule has 1 aromatic carbocycles. The van der Waals surface area contributed by atoms with Crippen LogP contribution < -0.4 is 0 Å². The quantitative estimate of drug-likeness (QED) is 0.800. The largest absolute Gasteiger partial charge is 0.417 e. The summed E-state index contributed by atoms with van der Waals surface area (Å²) in [5.41, 5.74) is -1.15. The number of hydrogen-bond donors (Lipinski definition) is 0. The van der Waals surface area contributed by atoms with Gasteiger partial charge in [0.05, 0.1) is 11.3 Å². The lowest BCUT2D eigenvalue weighted by Crippen LogP contribution is -2.09. The molecule has 0 bridgehead atoms. The maximum atomic E-state index is 12.9. The van der Waals surface area contributed by atoms with Crippen LogP contribution in [-0.4, -0.2) is 24.6 Å². The lowest BCUT2D eigenvalue weighted by atomic mass is 10.0. The second-order valence-corrected chi connectivity index (χ2v) is 5.95. The molecule has 0 spiro atoms. The summed E-state index contributed by atoms with van der Waals surface area (Å²) in [5, 5.41) is -0.507. The summed E-state index contributed by atoms with van der Waals surface area (Å²) in [7, 11) is -3.69. The third-order valence-corrected chi connectivity index (χ3v) is 3.33. The second kappa shape index (κ2) is 4.86. The number of sulfone groups is 1. The Labute approximate surface area is 113 Å². The van der Waals surface area contributed by atoms with Crippen molar-refractivity contribution in [3.05, 3.63) is 42.1 Å². The van der Waals surface area contributed by atoms with Gasteiger partial charge in [0.15, 0.2) is 0 Å². The molecule has 4 nitrogen and oxygen atoms in total. The van der Waals surface area contributed by atoms with E-state index in [1.54, 1.807) is 0 Å². The topological polar surface area (TPSA) is 59.9 Å². The Morgan fingerprint density at radius 3 is 2.35 bits per heavy atom. The minimum atomic E-state index is -4.55. The molecule has 1 heterocycles. The number of alkyl halides is 3. The fraction of sp³-hybridized carbons (Fsp3) is 0.167. The molecule has 2 aromatic rings. The molecule has 1 aromatic heterocycles. The first-order valence-electron chi connectivity index (χ1n) is 5.39. The molecule has 0 aliphatic heterocycles. The first-order valence-corrected chi connectivity index (χ1v) is 7.28. The number of aromatic nitrogens is 2. The van der Waals surface area contributed by atoms with Gasteiger partial charge in [-0.1, -0.05) is 18.2 Å². The van der Waals surface area contributed by atoms with Gasteiger partial charge in [-0.2, -0.15) is 13.2 Å². The van der Waals surface area contributed by atoms with Gasteiger partial charge in [0.25, 0.3) is 0 Å². The van der Waals surface area contributed by atoms with Crippen molar-refractivity contribution in [1.82, 2.24) is 9.97 Å². The molecule has 0 fully saturated rings. The van der Waals surface area contributed by atoms with Gasteiger partial charge in [-0.25, -0.2) is 18.4 Å². The van der Waals surface area contributed by atoms with E-state index in [1.807, 2.05) is 0 Å². The summed E-state index contributed by atoms with van der Waals surface area (Å²) in [6.07, 6.45) is -2.54. The monoisotopic (exact) mass is 302 g/mol. The number of nitrogens with zero attached hydrogens (tertiary/aromatic N) is 2. The lowest BCUT2D eigenvalue weighted by Gasteiger charge is -2.12. The van der Waals surface area contributed by atoms with E-state index in [1.165, 1.54) is 24.3 Å². The fourth-order valence-corrected chi connectivity index (χ4v) is 2.14. The van der Waals surface area contributed by atoms with Gasteiger partial charge in [0.1, 0.15) is 0 Å². The molecule has 0 saturated carbocycles. The summed E-state index contributed by atoms with van der Waals surface area (Å²) in [5.74, 6) is 0. The van der Waals surface area contributed by atoms with E-state index in [-0.39, 0.29) is 11.3 Å². The summed E-state index contributed by atoms with van der Waals surface area (Å²) in [6, 6.07) is 6.06. The van der Waals surface area contributed by atoms with Crippen LogP contribution in [0.3, 0.4) is 0 Å². The minimum Gasteiger partial charge on any atom is -0.227 e. The van der Waals surface area contributed by atoms with E-state index >= 15 is 0 Å². The van der Waals surface area contributed by atoms with Crippen molar-refractivity contribution in [3.63, 3.8) is 0 Å². The van der Waals surface area contributed by atoms with Crippen molar-refractivity contribution in [3.8, 4) is 11.3 Å². The van der Waals surface area contributed by atoms with Crippen LogP contribution in [0.5, 0.6) is 0 Å². The van der Waals surface area contributed by atoms with Crippen molar-refractivity contribution in [1.29, 1.82) is 0 Å². The molecule has 8 heteroatoms. The molecule has 0 atom stereocenters. The second-order valence-electron chi connectivity index (χ2n) is 4.04. The van der Waals surface area contributed by atoms with Crippen molar-refractivity contribution in [2.24, 2.45) is 0 Å². The third-order valence-electron chi connectivity index (χ3n) is 2.47. The first-order chi connectivity index (χ1) is 9.19. The molecule has 106 valence electrons. The Morgan fingerprint density at radius 1 is 1.10 bits per heavy atom. The molecule has 0 N–H and O–H groups in total. The van der Waals surface area contributed by atoms with E-state index < -0.39 is 26.7 Å². The van der Waals surface area contributed by atoms with Gasteiger partial charge in [-0.3, -0.25) is 0 Å². The number of halogens is 3. The van der Waals surface area contributed by atoms with Crippen LogP contribution in [0.2, 0.25) is 0 Å². The zero-order valence-electron chi connectivity index (χ0n) is 10.2.